The SMILES string of the molecule is CCOC(CN)CCN(C)CC(=O)OC. The van der Waals surface area contributed by atoms with Gasteiger partial charge in [0.2, 0.25) is 0 Å². The number of esters is 1. The normalized spacial score (nSPS) is 12.9. The highest BCUT2D eigenvalue weighted by molar-refractivity contribution is 5.71. The molecule has 0 aliphatic rings. The summed E-state index contributed by atoms with van der Waals surface area (Å²) in [4.78, 5) is 12.8. The first-order valence-electron chi connectivity index (χ1n) is 5.21. The number of carbonyl (C=O) groups is 1. The summed E-state index contributed by atoms with van der Waals surface area (Å²) >= 11 is 0. The van der Waals surface area contributed by atoms with Gasteiger partial charge in [0, 0.05) is 19.7 Å². The van der Waals surface area contributed by atoms with Gasteiger partial charge >= 0.3 is 5.97 Å². The van der Waals surface area contributed by atoms with Crippen LogP contribution in [-0.4, -0.2) is 57.4 Å². The Labute approximate surface area is 91.5 Å². The van der Waals surface area contributed by atoms with Gasteiger partial charge < -0.3 is 15.2 Å². The first-order valence-corrected chi connectivity index (χ1v) is 5.21. The van der Waals surface area contributed by atoms with Gasteiger partial charge in [0.25, 0.3) is 0 Å². The molecule has 0 amide bonds. The second-order valence-corrected chi connectivity index (χ2v) is 3.42. The number of ether oxygens (including phenoxy) is 2. The van der Waals surface area contributed by atoms with Crippen LogP contribution in [0.2, 0.25) is 0 Å². The van der Waals surface area contributed by atoms with Crippen LogP contribution in [0.5, 0.6) is 0 Å². The zero-order valence-corrected chi connectivity index (χ0v) is 9.86. The van der Waals surface area contributed by atoms with E-state index in [1.807, 2.05) is 18.9 Å². The lowest BCUT2D eigenvalue weighted by atomic mass is 10.2. The van der Waals surface area contributed by atoms with Crippen molar-refractivity contribution in [2.24, 2.45) is 5.73 Å². The van der Waals surface area contributed by atoms with Crippen molar-refractivity contribution in [2.45, 2.75) is 19.4 Å². The van der Waals surface area contributed by atoms with Crippen LogP contribution in [0.4, 0.5) is 0 Å². The van der Waals surface area contributed by atoms with Gasteiger partial charge in [0.1, 0.15) is 0 Å². The minimum absolute atomic E-state index is 0.0788. The van der Waals surface area contributed by atoms with Crippen LogP contribution in [0.3, 0.4) is 0 Å². The van der Waals surface area contributed by atoms with Crippen LogP contribution in [0.1, 0.15) is 13.3 Å². The van der Waals surface area contributed by atoms with E-state index >= 15 is 0 Å². The predicted molar refractivity (Wildman–Crippen MR) is 58.6 cm³/mol. The van der Waals surface area contributed by atoms with Crippen molar-refractivity contribution in [3.63, 3.8) is 0 Å². The molecule has 0 saturated carbocycles. The first kappa shape index (κ1) is 14.3. The molecule has 0 saturated heterocycles. The molecule has 1 atom stereocenters. The quantitative estimate of drug-likeness (QED) is 0.574. The molecular formula is C10H22N2O3. The smallest absolute Gasteiger partial charge is 0.319 e. The van der Waals surface area contributed by atoms with Gasteiger partial charge in [0.05, 0.1) is 19.8 Å². The largest absolute Gasteiger partial charge is 0.468 e. The van der Waals surface area contributed by atoms with Crippen molar-refractivity contribution < 1.29 is 14.3 Å². The Morgan fingerprint density at radius 3 is 2.67 bits per heavy atom. The molecule has 0 heterocycles. The molecule has 90 valence electrons. The maximum atomic E-state index is 10.9. The highest BCUT2D eigenvalue weighted by Crippen LogP contribution is 1.98. The third kappa shape index (κ3) is 7.30. The molecule has 0 rings (SSSR count). The molecule has 0 aliphatic carbocycles. The average molecular weight is 218 g/mol. The van der Waals surface area contributed by atoms with Crippen molar-refractivity contribution in [3.05, 3.63) is 0 Å². The lowest BCUT2D eigenvalue weighted by Gasteiger charge is -2.19. The summed E-state index contributed by atoms with van der Waals surface area (Å²) in [5.74, 6) is -0.224. The van der Waals surface area contributed by atoms with Crippen LogP contribution in [0.15, 0.2) is 0 Å². The molecule has 2 N–H and O–H groups in total. The summed E-state index contributed by atoms with van der Waals surface area (Å²) in [5.41, 5.74) is 5.54. The van der Waals surface area contributed by atoms with Gasteiger partial charge in [-0.15, -0.1) is 0 Å². The molecule has 1 unspecified atom stereocenters. The second kappa shape index (κ2) is 8.64. The van der Waals surface area contributed by atoms with Crippen molar-refractivity contribution in [3.8, 4) is 0 Å². The summed E-state index contributed by atoms with van der Waals surface area (Å²) in [6.07, 6.45) is 0.910. The molecule has 0 radical (unpaired) electrons. The Hall–Kier alpha value is -0.650. The number of carbonyl (C=O) groups excluding carboxylic acids is 1. The monoisotopic (exact) mass is 218 g/mol. The molecule has 0 bridgehead atoms. The molecule has 0 fully saturated rings. The molecule has 5 nitrogen and oxygen atoms in total. The Morgan fingerprint density at radius 1 is 1.53 bits per heavy atom. The van der Waals surface area contributed by atoms with Crippen LogP contribution in [-0.2, 0) is 14.3 Å². The minimum Gasteiger partial charge on any atom is -0.468 e. The highest BCUT2D eigenvalue weighted by atomic mass is 16.5. The van der Waals surface area contributed by atoms with Crippen LogP contribution >= 0.6 is 0 Å². The fourth-order valence-electron chi connectivity index (χ4n) is 1.23. The van der Waals surface area contributed by atoms with Gasteiger partial charge in [0.15, 0.2) is 0 Å². The topological polar surface area (TPSA) is 64.8 Å². The van der Waals surface area contributed by atoms with Crippen molar-refractivity contribution in [1.82, 2.24) is 4.90 Å². The maximum Gasteiger partial charge on any atom is 0.319 e. The van der Waals surface area contributed by atoms with E-state index in [4.69, 9.17) is 10.5 Å². The summed E-state index contributed by atoms with van der Waals surface area (Å²) < 4.78 is 9.97. The maximum absolute atomic E-state index is 10.9. The van der Waals surface area contributed by atoms with Gasteiger partial charge in [-0.25, -0.2) is 0 Å². The lowest BCUT2D eigenvalue weighted by Crippen LogP contribution is -2.32. The van der Waals surface area contributed by atoms with E-state index in [9.17, 15) is 4.79 Å². The average Bonchev–Trinajstić information content (AvgIpc) is 2.23. The predicted octanol–water partition coefficient (Wildman–Crippen LogP) is -0.155. The van der Waals surface area contributed by atoms with E-state index in [1.165, 1.54) is 7.11 Å². The summed E-state index contributed by atoms with van der Waals surface area (Å²) in [6, 6.07) is 0. The fourth-order valence-corrected chi connectivity index (χ4v) is 1.23. The number of rotatable bonds is 8. The summed E-state index contributed by atoms with van der Waals surface area (Å²) in [6.45, 7) is 4.21. The number of likely N-dealkylation sites (N-methyl/N-ethyl adjacent to an activating group) is 1. The van der Waals surface area contributed by atoms with E-state index in [0.29, 0.717) is 19.7 Å². The van der Waals surface area contributed by atoms with Gasteiger partial charge in [-0.05, 0) is 20.4 Å². The molecule has 15 heavy (non-hydrogen) atoms. The van der Waals surface area contributed by atoms with Crippen molar-refractivity contribution in [2.75, 3.05) is 40.4 Å². The van der Waals surface area contributed by atoms with Crippen molar-refractivity contribution >= 4 is 5.97 Å². The molecule has 0 spiro atoms. The molecular weight excluding hydrogens is 196 g/mol. The van der Waals surface area contributed by atoms with E-state index in [1.54, 1.807) is 0 Å². The summed E-state index contributed by atoms with van der Waals surface area (Å²) in [5, 5.41) is 0. The first-order chi connectivity index (χ1) is 7.13. The fraction of sp³-hybridized carbons (Fsp3) is 0.900. The Kier molecular flexibility index (Phi) is 8.27. The lowest BCUT2D eigenvalue weighted by molar-refractivity contribution is -0.141. The van der Waals surface area contributed by atoms with E-state index < -0.39 is 0 Å². The molecule has 0 aromatic rings. The highest BCUT2D eigenvalue weighted by Gasteiger charge is 2.10. The molecule has 5 heteroatoms. The molecule has 0 aliphatic heterocycles. The number of methoxy groups -OCH3 is 1. The number of hydrogen-bond donors (Lipinski definition) is 1. The van der Waals surface area contributed by atoms with Crippen LogP contribution in [0, 0.1) is 0 Å². The molecule has 0 aromatic heterocycles. The third-order valence-corrected chi connectivity index (χ3v) is 2.12. The zero-order chi connectivity index (χ0) is 11.7. The van der Waals surface area contributed by atoms with Gasteiger partial charge in [-0.1, -0.05) is 0 Å². The third-order valence-electron chi connectivity index (χ3n) is 2.12. The van der Waals surface area contributed by atoms with Crippen LogP contribution in [0.25, 0.3) is 0 Å². The van der Waals surface area contributed by atoms with Gasteiger partial charge in [-0.3, -0.25) is 9.69 Å². The number of nitrogens with two attached hydrogens (primary N) is 1. The number of nitrogens with zero attached hydrogens (tertiary/aromatic N) is 1. The minimum atomic E-state index is -0.224. The van der Waals surface area contributed by atoms with E-state index in [-0.39, 0.29) is 12.1 Å². The number of hydrogen-bond acceptors (Lipinski definition) is 5. The van der Waals surface area contributed by atoms with Gasteiger partial charge in [-0.2, -0.15) is 0 Å². The van der Waals surface area contributed by atoms with E-state index in [0.717, 1.165) is 13.0 Å². The van der Waals surface area contributed by atoms with Crippen molar-refractivity contribution in [1.29, 1.82) is 0 Å². The Balaban J connectivity index is 3.67. The van der Waals surface area contributed by atoms with Crippen LogP contribution < -0.4 is 5.73 Å². The Morgan fingerprint density at radius 2 is 2.20 bits per heavy atom. The Bertz CT molecular complexity index is 176. The molecule has 0 aromatic carbocycles. The summed E-state index contributed by atoms with van der Waals surface area (Å²) in [7, 11) is 3.26. The standard InChI is InChI=1S/C10H22N2O3/c1-4-15-9(7-11)5-6-12(2)8-10(13)14-3/h9H,4-8,11H2,1-3H3. The van der Waals surface area contributed by atoms with E-state index in [2.05, 4.69) is 4.74 Å². The second-order valence-electron chi connectivity index (χ2n) is 3.42. The zero-order valence-electron chi connectivity index (χ0n) is 9.86.